The molecule has 0 saturated heterocycles. The topological polar surface area (TPSA) is 37.8 Å². The average molecular weight is 356 g/mol. The smallest absolute Gasteiger partial charge is 0.151 e. The molecule has 1 aliphatic rings. The summed E-state index contributed by atoms with van der Waals surface area (Å²) in [5.74, 6) is 0.744. The van der Waals surface area contributed by atoms with Crippen molar-refractivity contribution in [1.82, 2.24) is 15.5 Å². The van der Waals surface area contributed by atoms with Crippen LogP contribution in [0.15, 0.2) is 29.2 Å². The quantitative estimate of drug-likeness (QED) is 0.828. The molecule has 0 fully saturated rings. The summed E-state index contributed by atoms with van der Waals surface area (Å²) < 4.78 is 0. The minimum atomic E-state index is 0. The summed E-state index contributed by atoms with van der Waals surface area (Å²) in [5.41, 5.74) is 3.68. The van der Waals surface area contributed by atoms with Crippen molar-refractivity contribution >= 4 is 35.0 Å². The molecule has 1 aliphatic heterocycles. The largest absolute Gasteiger partial charge is 0.316 e. The zero-order valence-electron chi connectivity index (χ0n) is 11.4. The summed E-state index contributed by atoms with van der Waals surface area (Å²) in [4.78, 5) is 1.18. The highest BCUT2D eigenvalue weighted by Crippen LogP contribution is 2.35. The lowest BCUT2D eigenvalue weighted by Gasteiger charge is -2.13. The second-order valence-corrected chi connectivity index (χ2v) is 6.68. The van der Waals surface area contributed by atoms with E-state index in [1.54, 1.807) is 17.8 Å². The van der Waals surface area contributed by atoms with Gasteiger partial charge in [0, 0.05) is 10.6 Å². The van der Waals surface area contributed by atoms with Crippen LogP contribution in [0.3, 0.4) is 0 Å². The monoisotopic (exact) mass is 355 g/mol. The number of halogens is 2. The zero-order chi connectivity index (χ0) is 14.7. The molecule has 1 aromatic heterocycles. The Morgan fingerprint density at radius 2 is 1.86 bits per heavy atom. The number of nitrogens with zero attached hydrogens (tertiary/aromatic N) is 2. The van der Waals surface area contributed by atoms with E-state index in [-0.39, 0.29) is 7.43 Å². The second-order valence-electron chi connectivity index (χ2n) is 4.90. The van der Waals surface area contributed by atoms with E-state index in [4.69, 9.17) is 23.2 Å². The second kappa shape index (κ2) is 8.16. The Kier molecular flexibility index (Phi) is 6.50. The maximum atomic E-state index is 6.41. The van der Waals surface area contributed by atoms with Crippen LogP contribution in [-0.2, 0) is 18.6 Å². The summed E-state index contributed by atoms with van der Waals surface area (Å²) in [5, 5.41) is 12.6. The molecular formula is C16H19Cl2N3S. The van der Waals surface area contributed by atoms with E-state index in [0.29, 0.717) is 5.15 Å². The van der Waals surface area contributed by atoms with Crippen molar-refractivity contribution in [2.75, 3.05) is 13.1 Å². The van der Waals surface area contributed by atoms with Crippen LogP contribution in [0.4, 0.5) is 0 Å². The van der Waals surface area contributed by atoms with E-state index >= 15 is 0 Å². The number of fused-ring (bicyclic) bond motifs is 1. The van der Waals surface area contributed by atoms with Crippen molar-refractivity contribution < 1.29 is 0 Å². The fraction of sp³-hybridized carbons (Fsp3) is 0.375. The van der Waals surface area contributed by atoms with Crippen LogP contribution >= 0.6 is 35.0 Å². The molecule has 2 aromatic rings. The van der Waals surface area contributed by atoms with Gasteiger partial charge in [0.1, 0.15) is 0 Å². The van der Waals surface area contributed by atoms with Gasteiger partial charge in [0.05, 0.1) is 10.7 Å². The number of hydrogen-bond acceptors (Lipinski definition) is 4. The summed E-state index contributed by atoms with van der Waals surface area (Å²) in [7, 11) is 0. The maximum Gasteiger partial charge on any atom is 0.151 e. The van der Waals surface area contributed by atoms with Crippen molar-refractivity contribution in [3.05, 3.63) is 51.3 Å². The van der Waals surface area contributed by atoms with Crippen molar-refractivity contribution in [1.29, 1.82) is 0 Å². The number of nitrogens with one attached hydrogen (secondary N) is 1. The third-order valence-electron chi connectivity index (χ3n) is 3.48. The lowest BCUT2D eigenvalue weighted by molar-refractivity contribution is 0.709. The SMILES string of the molecule is C.Clc1ccc(CSc2c(Cl)ccc3c2CCNCC3)nn1. The van der Waals surface area contributed by atoms with Gasteiger partial charge >= 0.3 is 0 Å². The molecule has 0 spiro atoms. The maximum absolute atomic E-state index is 6.41. The fourth-order valence-electron chi connectivity index (χ4n) is 2.43. The van der Waals surface area contributed by atoms with Crippen molar-refractivity contribution in [3.8, 4) is 0 Å². The van der Waals surface area contributed by atoms with E-state index in [1.807, 2.05) is 12.1 Å². The molecule has 6 heteroatoms. The number of benzene rings is 1. The fourth-order valence-corrected chi connectivity index (χ4v) is 3.93. The van der Waals surface area contributed by atoms with Crippen LogP contribution in [0.1, 0.15) is 24.2 Å². The molecule has 0 aliphatic carbocycles. The van der Waals surface area contributed by atoms with E-state index in [2.05, 4.69) is 21.6 Å². The van der Waals surface area contributed by atoms with Gasteiger partial charge in [0.2, 0.25) is 0 Å². The molecule has 0 amide bonds. The summed E-state index contributed by atoms with van der Waals surface area (Å²) in [6.07, 6.45) is 2.07. The number of hydrogen-bond donors (Lipinski definition) is 1. The van der Waals surface area contributed by atoms with Gasteiger partial charge in [-0.3, -0.25) is 0 Å². The first-order chi connectivity index (χ1) is 10.2. The standard InChI is InChI=1S/C15H15Cl2N3S.CH4/c16-13-3-1-10-5-7-18-8-6-12(10)15(13)21-9-11-2-4-14(17)20-19-11;/h1-4,18H,5-9H2;1H4. The molecule has 0 bridgehead atoms. The predicted octanol–water partition coefficient (Wildman–Crippen LogP) is 4.40. The van der Waals surface area contributed by atoms with Crippen LogP contribution in [0.2, 0.25) is 10.2 Å². The lowest BCUT2D eigenvalue weighted by atomic mass is 10.0. The van der Waals surface area contributed by atoms with E-state index in [9.17, 15) is 0 Å². The van der Waals surface area contributed by atoms with Crippen molar-refractivity contribution in [3.63, 3.8) is 0 Å². The molecule has 0 saturated carbocycles. The van der Waals surface area contributed by atoms with Crippen LogP contribution < -0.4 is 5.32 Å². The predicted molar refractivity (Wildman–Crippen MR) is 95.1 cm³/mol. The van der Waals surface area contributed by atoms with Gasteiger partial charge in [-0.05, 0) is 55.3 Å². The Hall–Kier alpha value is -0.810. The number of rotatable bonds is 3. The molecule has 1 aromatic carbocycles. The molecule has 0 atom stereocenters. The third-order valence-corrected chi connectivity index (χ3v) is 5.31. The van der Waals surface area contributed by atoms with Gasteiger partial charge in [-0.25, -0.2) is 0 Å². The zero-order valence-corrected chi connectivity index (χ0v) is 13.7. The van der Waals surface area contributed by atoms with E-state index in [0.717, 1.165) is 42.4 Å². The Morgan fingerprint density at radius 1 is 1.05 bits per heavy atom. The van der Waals surface area contributed by atoms with Gasteiger partial charge in [-0.15, -0.1) is 16.9 Å². The molecule has 22 heavy (non-hydrogen) atoms. The molecular weight excluding hydrogens is 337 g/mol. The third kappa shape index (κ3) is 4.13. The molecule has 3 nitrogen and oxygen atoms in total. The Balaban J connectivity index is 0.00000176. The molecule has 0 unspecified atom stereocenters. The van der Waals surface area contributed by atoms with Crippen LogP contribution in [0.5, 0.6) is 0 Å². The van der Waals surface area contributed by atoms with E-state index < -0.39 is 0 Å². The summed E-state index contributed by atoms with van der Waals surface area (Å²) in [6.45, 7) is 2.03. The molecule has 1 N–H and O–H groups in total. The highest BCUT2D eigenvalue weighted by Gasteiger charge is 2.15. The Morgan fingerprint density at radius 3 is 2.64 bits per heavy atom. The first kappa shape index (κ1) is 17.5. The Bertz CT molecular complexity index is 632. The van der Waals surface area contributed by atoms with Gasteiger partial charge in [0.25, 0.3) is 0 Å². The first-order valence-electron chi connectivity index (χ1n) is 6.86. The highest BCUT2D eigenvalue weighted by molar-refractivity contribution is 7.98. The van der Waals surface area contributed by atoms with Crippen molar-refractivity contribution in [2.45, 2.75) is 30.9 Å². The number of aromatic nitrogens is 2. The highest BCUT2D eigenvalue weighted by atomic mass is 35.5. The first-order valence-corrected chi connectivity index (χ1v) is 8.60. The van der Waals surface area contributed by atoms with Gasteiger partial charge in [-0.1, -0.05) is 36.7 Å². The average Bonchev–Trinajstić information content (AvgIpc) is 2.73. The Labute approximate surface area is 145 Å². The van der Waals surface area contributed by atoms with Crippen LogP contribution in [0.25, 0.3) is 0 Å². The summed E-state index contributed by atoms with van der Waals surface area (Å²) in [6, 6.07) is 7.82. The number of thioether (sulfide) groups is 1. The minimum absolute atomic E-state index is 0. The summed E-state index contributed by atoms with van der Waals surface area (Å²) >= 11 is 13.9. The van der Waals surface area contributed by atoms with Gasteiger partial charge < -0.3 is 5.32 Å². The van der Waals surface area contributed by atoms with Crippen molar-refractivity contribution in [2.24, 2.45) is 0 Å². The van der Waals surface area contributed by atoms with Crippen LogP contribution in [0, 0.1) is 0 Å². The van der Waals surface area contributed by atoms with E-state index in [1.165, 1.54) is 16.0 Å². The molecule has 118 valence electrons. The van der Waals surface area contributed by atoms with Gasteiger partial charge in [-0.2, -0.15) is 5.10 Å². The minimum Gasteiger partial charge on any atom is -0.316 e. The normalized spacial score (nSPS) is 13.9. The molecule has 0 radical (unpaired) electrons. The molecule has 3 rings (SSSR count). The lowest BCUT2D eigenvalue weighted by Crippen LogP contribution is -2.16. The van der Waals surface area contributed by atoms with Gasteiger partial charge in [0.15, 0.2) is 5.15 Å². The molecule has 2 heterocycles. The van der Waals surface area contributed by atoms with Crippen LogP contribution in [-0.4, -0.2) is 23.3 Å².